The zero-order chi connectivity index (χ0) is 11.5. The molecule has 0 radical (unpaired) electrons. The van der Waals surface area contributed by atoms with Crippen molar-refractivity contribution >= 4 is 11.3 Å². The number of thiazole rings is 1. The molecule has 3 heteroatoms. The maximum Gasteiger partial charge on any atom is 0.123 e. The number of rotatable bonds is 3. The largest absolute Gasteiger partial charge is 0.328 e. The second kappa shape index (κ2) is 4.76. The van der Waals surface area contributed by atoms with Crippen LogP contribution in [0.4, 0.5) is 0 Å². The second-order valence-electron chi connectivity index (χ2n) is 4.19. The van der Waals surface area contributed by atoms with Gasteiger partial charge in [0.2, 0.25) is 0 Å². The first-order valence-electron chi connectivity index (χ1n) is 5.42. The number of hydrogen-bond donors (Lipinski definition) is 1. The molecule has 0 saturated heterocycles. The molecule has 0 amide bonds. The van der Waals surface area contributed by atoms with E-state index in [2.05, 4.69) is 41.6 Å². The fourth-order valence-corrected chi connectivity index (χ4v) is 2.40. The summed E-state index contributed by atoms with van der Waals surface area (Å²) in [7, 11) is 0. The van der Waals surface area contributed by atoms with Crippen LogP contribution in [0.2, 0.25) is 0 Å². The summed E-state index contributed by atoms with van der Waals surface area (Å²) in [6.45, 7) is 4.10. The Bertz CT molecular complexity index is 457. The van der Waals surface area contributed by atoms with E-state index in [1.54, 1.807) is 11.3 Å². The molecule has 2 nitrogen and oxygen atoms in total. The molecular weight excluding hydrogens is 216 g/mol. The molecule has 1 heterocycles. The topological polar surface area (TPSA) is 38.9 Å². The lowest BCUT2D eigenvalue weighted by Crippen LogP contribution is -2.17. The number of aryl methyl sites for hydroxylation is 1. The van der Waals surface area contributed by atoms with Crippen LogP contribution in [0, 0.1) is 6.92 Å². The van der Waals surface area contributed by atoms with Gasteiger partial charge in [0.05, 0.1) is 5.69 Å². The van der Waals surface area contributed by atoms with E-state index in [1.807, 2.05) is 6.92 Å². The van der Waals surface area contributed by atoms with Gasteiger partial charge in [0.1, 0.15) is 5.01 Å². The summed E-state index contributed by atoms with van der Waals surface area (Å²) >= 11 is 1.68. The van der Waals surface area contributed by atoms with E-state index in [0.717, 1.165) is 17.1 Å². The zero-order valence-corrected chi connectivity index (χ0v) is 10.4. The van der Waals surface area contributed by atoms with Gasteiger partial charge in [0.15, 0.2) is 0 Å². The van der Waals surface area contributed by atoms with Crippen molar-refractivity contribution in [3.63, 3.8) is 0 Å². The van der Waals surface area contributed by atoms with Gasteiger partial charge in [-0.25, -0.2) is 4.98 Å². The summed E-state index contributed by atoms with van der Waals surface area (Å²) in [5.74, 6) is 0. The zero-order valence-electron chi connectivity index (χ0n) is 9.60. The van der Waals surface area contributed by atoms with Crippen molar-refractivity contribution in [2.75, 3.05) is 0 Å². The van der Waals surface area contributed by atoms with Crippen molar-refractivity contribution in [3.05, 3.63) is 40.9 Å². The van der Waals surface area contributed by atoms with E-state index < -0.39 is 0 Å². The highest BCUT2D eigenvalue weighted by atomic mass is 32.1. The Morgan fingerprint density at radius 3 is 2.62 bits per heavy atom. The number of hydrogen-bond acceptors (Lipinski definition) is 3. The van der Waals surface area contributed by atoms with Gasteiger partial charge in [-0.1, -0.05) is 29.8 Å². The lowest BCUT2D eigenvalue weighted by atomic mass is 10.1. The Labute approximate surface area is 100 Å². The highest BCUT2D eigenvalue weighted by Crippen LogP contribution is 2.24. The lowest BCUT2D eigenvalue weighted by Gasteiger charge is -2.00. The van der Waals surface area contributed by atoms with Gasteiger partial charge in [0.25, 0.3) is 0 Å². The second-order valence-corrected chi connectivity index (χ2v) is 5.05. The van der Waals surface area contributed by atoms with Crippen LogP contribution in [0.15, 0.2) is 29.6 Å². The molecule has 2 N–H and O–H groups in total. The molecule has 2 aromatic rings. The molecule has 1 unspecified atom stereocenters. The van der Waals surface area contributed by atoms with Gasteiger partial charge in [0, 0.05) is 23.4 Å². The van der Waals surface area contributed by atoms with Gasteiger partial charge >= 0.3 is 0 Å². The number of nitrogens with two attached hydrogens (primary N) is 1. The molecule has 0 fully saturated rings. The maximum absolute atomic E-state index is 5.76. The molecule has 1 atom stereocenters. The van der Waals surface area contributed by atoms with Crippen molar-refractivity contribution < 1.29 is 0 Å². The molecule has 0 saturated carbocycles. The minimum absolute atomic E-state index is 0.174. The molecule has 84 valence electrons. The highest BCUT2D eigenvalue weighted by molar-refractivity contribution is 7.13. The number of nitrogens with zero attached hydrogens (tertiary/aromatic N) is 1. The van der Waals surface area contributed by atoms with E-state index in [-0.39, 0.29) is 6.04 Å². The quantitative estimate of drug-likeness (QED) is 0.883. The Morgan fingerprint density at radius 1 is 1.31 bits per heavy atom. The molecule has 0 aliphatic heterocycles. The normalized spacial score (nSPS) is 12.7. The molecule has 0 aliphatic carbocycles. The summed E-state index contributed by atoms with van der Waals surface area (Å²) in [6.07, 6.45) is 0.850. The van der Waals surface area contributed by atoms with Gasteiger partial charge in [-0.3, -0.25) is 0 Å². The van der Waals surface area contributed by atoms with E-state index in [0.29, 0.717) is 0 Å². The monoisotopic (exact) mass is 232 g/mol. The predicted molar refractivity (Wildman–Crippen MR) is 69.6 cm³/mol. The Hall–Kier alpha value is -1.19. The summed E-state index contributed by atoms with van der Waals surface area (Å²) < 4.78 is 0. The fraction of sp³-hybridized carbons (Fsp3) is 0.308. The molecule has 2 rings (SSSR count). The van der Waals surface area contributed by atoms with Crippen molar-refractivity contribution in [1.29, 1.82) is 0 Å². The first-order valence-corrected chi connectivity index (χ1v) is 6.30. The third-order valence-electron chi connectivity index (χ3n) is 2.38. The van der Waals surface area contributed by atoms with Crippen molar-refractivity contribution in [2.24, 2.45) is 5.73 Å². The first kappa shape index (κ1) is 11.3. The van der Waals surface area contributed by atoms with Crippen LogP contribution in [0.25, 0.3) is 10.6 Å². The van der Waals surface area contributed by atoms with Gasteiger partial charge in [-0.15, -0.1) is 11.3 Å². The molecule has 0 aliphatic rings. The van der Waals surface area contributed by atoms with Gasteiger partial charge in [-0.2, -0.15) is 0 Å². The summed E-state index contributed by atoms with van der Waals surface area (Å²) in [5, 5.41) is 3.18. The minimum Gasteiger partial charge on any atom is -0.328 e. The van der Waals surface area contributed by atoms with Gasteiger partial charge < -0.3 is 5.73 Å². The van der Waals surface area contributed by atoms with Crippen molar-refractivity contribution in [2.45, 2.75) is 26.3 Å². The van der Waals surface area contributed by atoms with E-state index in [1.165, 1.54) is 11.1 Å². The third-order valence-corrected chi connectivity index (χ3v) is 3.32. The average molecular weight is 232 g/mol. The molecule has 0 bridgehead atoms. The van der Waals surface area contributed by atoms with Crippen LogP contribution >= 0.6 is 11.3 Å². The Kier molecular flexibility index (Phi) is 3.36. The van der Waals surface area contributed by atoms with E-state index in [4.69, 9.17) is 5.73 Å². The van der Waals surface area contributed by atoms with Crippen LogP contribution in [0.1, 0.15) is 18.2 Å². The average Bonchev–Trinajstić information content (AvgIpc) is 2.66. The number of benzene rings is 1. The molecule has 1 aromatic heterocycles. The van der Waals surface area contributed by atoms with E-state index >= 15 is 0 Å². The third kappa shape index (κ3) is 2.68. The smallest absolute Gasteiger partial charge is 0.123 e. The van der Waals surface area contributed by atoms with E-state index in [9.17, 15) is 0 Å². The predicted octanol–water partition coefficient (Wildman–Crippen LogP) is 3.01. The Balaban J connectivity index is 2.21. The van der Waals surface area contributed by atoms with Crippen molar-refractivity contribution in [1.82, 2.24) is 4.98 Å². The molecule has 16 heavy (non-hydrogen) atoms. The Morgan fingerprint density at radius 2 is 2.00 bits per heavy atom. The molecule has 0 spiro atoms. The first-order chi connectivity index (χ1) is 7.65. The lowest BCUT2D eigenvalue weighted by molar-refractivity contribution is 0.726. The van der Waals surface area contributed by atoms with Crippen LogP contribution in [-0.4, -0.2) is 11.0 Å². The summed E-state index contributed by atoms with van der Waals surface area (Å²) in [6, 6.07) is 8.63. The van der Waals surface area contributed by atoms with Gasteiger partial charge in [-0.05, 0) is 13.8 Å². The SMILES string of the molecule is Cc1ccc(-c2nc(CC(C)N)cs2)cc1. The number of aromatic nitrogens is 1. The van der Waals surface area contributed by atoms with Crippen LogP contribution < -0.4 is 5.73 Å². The van der Waals surface area contributed by atoms with Crippen LogP contribution in [-0.2, 0) is 6.42 Å². The fourth-order valence-electron chi connectivity index (χ4n) is 1.56. The standard InChI is InChI=1S/C13H16N2S/c1-9-3-5-11(6-4-9)13-15-12(8-16-13)7-10(2)14/h3-6,8,10H,7,14H2,1-2H3. The molecular formula is C13H16N2S. The van der Waals surface area contributed by atoms with Crippen LogP contribution in [0.3, 0.4) is 0 Å². The minimum atomic E-state index is 0.174. The summed E-state index contributed by atoms with van der Waals surface area (Å²) in [4.78, 5) is 4.59. The van der Waals surface area contributed by atoms with Crippen LogP contribution in [0.5, 0.6) is 0 Å². The summed E-state index contributed by atoms with van der Waals surface area (Å²) in [5.41, 5.74) is 9.31. The molecule has 1 aromatic carbocycles. The highest BCUT2D eigenvalue weighted by Gasteiger charge is 2.05. The van der Waals surface area contributed by atoms with Crippen molar-refractivity contribution in [3.8, 4) is 10.6 Å². The maximum atomic E-state index is 5.76.